The Labute approximate surface area is 80.7 Å². The number of nitrogens with zero attached hydrogens (tertiary/aromatic N) is 1. The lowest BCUT2D eigenvalue weighted by molar-refractivity contribution is 0.631. The standard InChI is InChI=1S/C11H20N2/c1-3-4-5-6-7-8-11-9-12-13-10(11)2/h9H,3-8H2,1-2H3,(H,12,13). The topological polar surface area (TPSA) is 28.7 Å². The molecule has 2 heteroatoms. The Morgan fingerprint density at radius 1 is 1.23 bits per heavy atom. The van der Waals surface area contributed by atoms with Crippen LogP contribution in [-0.4, -0.2) is 10.2 Å². The lowest BCUT2D eigenvalue weighted by Crippen LogP contribution is -1.86. The first-order valence-electron chi connectivity index (χ1n) is 5.33. The van der Waals surface area contributed by atoms with Crippen molar-refractivity contribution in [3.63, 3.8) is 0 Å². The molecule has 1 aromatic rings. The van der Waals surface area contributed by atoms with E-state index < -0.39 is 0 Å². The number of aryl methyl sites for hydroxylation is 2. The second-order valence-electron chi connectivity index (χ2n) is 3.68. The van der Waals surface area contributed by atoms with Crippen LogP contribution in [0.3, 0.4) is 0 Å². The maximum Gasteiger partial charge on any atom is 0.0522 e. The van der Waals surface area contributed by atoms with Crippen LogP contribution in [0.1, 0.15) is 50.3 Å². The van der Waals surface area contributed by atoms with Crippen LogP contribution in [0.2, 0.25) is 0 Å². The normalized spacial score (nSPS) is 10.6. The van der Waals surface area contributed by atoms with Crippen LogP contribution >= 0.6 is 0 Å². The number of unbranched alkanes of at least 4 members (excludes halogenated alkanes) is 4. The minimum atomic E-state index is 1.19. The van der Waals surface area contributed by atoms with Crippen molar-refractivity contribution in [1.29, 1.82) is 0 Å². The molecular weight excluding hydrogens is 160 g/mol. The summed E-state index contributed by atoms with van der Waals surface area (Å²) in [7, 11) is 0. The maximum atomic E-state index is 4.01. The fourth-order valence-corrected chi connectivity index (χ4v) is 1.55. The van der Waals surface area contributed by atoms with Crippen molar-refractivity contribution in [2.45, 2.75) is 52.4 Å². The van der Waals surface area contributed by atoms with E-state index in [4.69, 9.17) is 0 Å². The number of hydrogen-bond acceptors (Lipinski definition) is 1. The van der Waals surface area contributed by atoms with E-state index in [2.05, 4.69) is 24.0 Å². The molecule has 1 N–H and O–H groups in total. The van der Waals surface area contributed by atoms with Gasteiger partial charge < -0.3 is 0 Å². The first-order valence-corrected chi connectivity index (χ1v) is 5.33. The quantitative estimate of drug-likeness (QED) is 0.669. The molecule has 0 aliphatic rings. The average Bonchev–Trinajstić information content (AvgIpc) is 2.52. The molecule has 0 saturated heterocycles. The van der Waals surface area contributed by atoms with Gasteiger partial charge in [-0.1, -0.05) is 32.6 Å². The molecule has 1 rings (SSSR count). The summed E-state index contributed by atoms with van der Waals surface area (Å²) in [5, 5.41) is 6.98. The van der Waals surface area contributed by atoms with Gasteiger partial charge in [-0.3, -0.25) is 5.10 Å². The van der Waals surface area contributed by atoms with E-state index in [9.17, 15) is 0 Å². The minimum Gasteiger partial charge on any atom is -0.283 e. The van der Waals surface area contributed by atoms with Gasteiger partial charge in [-0.05, 0) is 25.3 Å². The summed E-state index contributed by atoms with van der Waals surface area (Å²) >= 11 is 0. The molecular formula is C11H20N2. The van der Waals surface area contributed by atoms with Crippen molar-refractivity contribution < 1.29 is 0 Å². The predicted molar refractivity (Wildman–Crippen MR) is 55.8 cm³/mol. The molecule has 0 saturated carbocycles. The molecule has 0 spiro atoms. The molecule has 0 amide bonds. The Morgan fingerprint density at radius 2 is 2.00 bits per heavy atom. The second-order valence-corrected chi connectivity index (χ2v) is 3.68. The van der Waals surface area contributed by atoms with E-state index in [0.717, 1.165) is 0 Å². The molecule has 13 heavy (non-hydrogen) atoms. The number of hydrogen-bond donors (Lipinski definition) is 1. The van der Waals surface area contributed by atoms with E-state index >= 15 is 0 Å². The fraction of sp³-hybridized carbons (Fsp3) is 0.727. The summed E-state index contributed by atoms with van der Waals surface area (Å²) in [6.07, 6.45) is 9.89. The molecule has 0 atom stereocenters. The zero-order chi connectivity index (χ0) is 9.52. The first-order chi connectivity index (χ1) is 6.34. The summed E-state index contributed by atoms with van der Waals surface area (Å²) in [4.78, 5) is 0. The van der Waals surface area contributed by atoms with E-state index in [0.29, 0.717) is 0 Å². The molecule has 74 valence electrons. The molecule has 0 fully saturated rings. The van der Waals surface area contributed by atoms with Gasteiger partial charge in [-0.15, -0.1) is 0 Å². The Bertz CT molecular complexity index is 228. The zero-order valence-corrected chi connectivity index (χ0v) is 8.77. The van der Waals surface area contributed by atoms with E-state index in [1.807, 2.05) is 6.20 Å². The number of aromatic amines is 1. The average molecular weight is 180 g/mol. The largest absolute Gasteiger partial charge is 0.283 e. The molecule has 0 radical (unpaired) electrons. The van der Waals surface area contributed by atoms with Crippen molar-refractivity contribution in [3.05, 3.63) is 17.5 Å². The highest BCUT2D eigenvalue weighted by atomic mass is 15.1. The highest BCUT2D eigenvalue weighted by Crippen LogP contribution is 2.10. The van der Waals surface area contributed by atoms with Crippen LogP contribution in [0.4, 0.5) is 0 Å². The summed E-state index contributed by atoms with van der Waals surface area (Å²) in [5.74, 6) is 0. The Balaban J connectivity index is 2.10. The van der Waals surface area contributed by atoms with Crippen LogP contribution in [-0.2, 0) is 6.42 Å². The molecule has 0 unspecified atom stereocenters. The van der Waals surface area contributed by atoms with Gasteiger partial charge in [0.05, 0.1) is 6.20 Å². The summed E-state index contributed by atoms with van der Waals surface area (Å²) < 4.78 is 0. The van der Waals surface area contributed by atoms with Crippen molar-refractivity contribution in [3.8, 4) is 0 Å². The molecule has 1 heterocycles. The van der Waals surface area contributed by atoms with Gasteiger partial charge in [-0.25, -0.2) is 0 Å². The van der Waals surface area contributed by atoms with Gasteiger partial charge in [0.1, 0.15) is 0 Å². The summed E-state index contributed by atoms with van der Waals surface area (Å²) in [6.45, 7) is 4.34. The van der Waals surface area contributed by atoms with Crippen molar-refractivity contribution in [1.82, 2.24) is 10.2 Å². The fourth-order valence-electron chi connectivity index (χ4n) is 1.55. The monoisotopic (exact) mass is 180 g/mol. The van der Waals surface area contributed by atoms with Gasteiger partial charge in [0, 0.05) is 5.69 Å². The highest BCUT2D eigenvalue weighted by molar-refractivity contribution is 5.13. The number of rotatable bonds is 6. The zero-order valence-electron chi connectivity index (χ0n) is 8.77. The highest BCUT2D eigenvalue weighted by Gasteiger charge is 1.98. The lowest BCUT2D eigenvalue weighted by atomic mass is 10.1. The van der Waals surface area contributed by atoms with Crippen LogP contribution in [0.25, 0.3) is 0 Å². The third-order valence-corrected chi connectivity index (χ3v) is 2.48. The molecule has 2 nitrogen and oxygen atoms in total. The van der Waals surface area contributed by atoms with Crippen molar-refractivity contribution in [2.75, 3.05) is 0 Å². The smallest absolute Gasteiger partial charge is 0.0522 e. The van der Waals surface area contributed by atoms with Gasteiger partial charge in [0.2, 0.25) is 0 Å². The molecule has 0 bridgehead atoms. The Morgan fingerprint density at radius 3 is 2.62 bits per heavy atom. The van der Waals surface area contributed by atoms with E-state index in [-0.39, 0.29) is 0 Å². The SMILES string of the molecule is CCCCCCCc1cn[nH]c1C. The molecule has 0 aliphatic carbocycles. The predicted octanol–water partition coefficient (Wildman–Crippen LogP) is 3.23. The Hall–Kier alpha value is -0.790. The second kappa shape index (κ2) is 5.79. The van der Waals surface area contributed by atoms with E-state index in [1.165, 1.54) is 49.8 Å². The number of H-pyrrole nitrogens is 1. The number of aromatic nitrogens is 2. The number of nitrogens with one attached hydrogen (secondary N) is 1. The van der Waals surface area contributed by atoms with Gasteiger partial charge in [0.25, 0.3) is 0 Å². The van der Waals surface area contributed by atoms with Crippen molar-refractivity contribution in [2.24, 2.45) is 0 Å². The maximum absolute atomic E-state index is 4.01. The Kier molecular flexibility index (Phi) is 4.58. The van der Waals surface area contributed by atoms with Crippen LogP contribution in [0.5, 0.6) is 0 Å². The third kappa shape index (κ3) is 3.62. The third-order valence-electron chi connectivity index (χ3n) is 2.48. The summed E-state index contributed by atoms with van der Waals surface area (Å²) in [5.41, 5.74) is 2.62. The molecule has 0 aliphatic heterocycles. The molecule has 0 aromatic carbocycles. The van der Waals surface area contributed by atoms with Crippen LogP contribution in [0, 0.1) is 6.92 Å². The minimum absolute atomic E-state index is 1.19. The first kappa shape index (κ1) is 10.3. The van der Waals surface area contributed by atoms with E-state index in [1.54, 1.807) is 0 Å². The van der Waals surface area contributed by atoms with Crippen LogP contribution in [0.15, 0.2) is 6.20 Å². The summed E-state index contributed by atoms with van der Waals surface area (Å²) in [6, 6.07) is 0. The van der Waals surface area contributed by atoms with Crippen molar-refractivity contribution >= 4 is 0 Å². The van der Waals surface area contributed by atoms with Gasteiger partial charge in [-0.2, -0.15) is 5.10 Å². The lowest BCUT2D eigenvalue weighted by Gasteiger charge is -1.99. The van der Waals surface area contributed by atoms with Crippen LogP contribution < -0.4 is 0 Å². The van der Waals surface area contributed by atoms with Gasteiger partial charge in [0.15, 0.2) is 0 Å². The molecule has 1 aromatic heterocycles. The van der Waals surface area contributed by atoms with Gasteiger partial charge >= 0.3 is 0 Å².